The van der Waals surface area contributed by atoms with Gasteiger partial charge in [-0.3, -0.25) is 4.98 Å². The van der Waals surface area contributed by atoms with Gasteiger partial charge in [0.2, 0.25) is 0 Å². The molecular weight excluding hydrogens is 205 g/mol. The van der Waals surface area contributed by atoms with Crippen LogP contribution in [-0.4, -0.2) is 11.2 Å². The molecule has 72 valence electrons. The second-order valence-electron chi connectivity index (χ2n) is 2.42. The van der Waals surface area contributed by atoms with E-state index in [1.165, 1.54) is 12.3 Å². The third-order valence-electron chi connectivity index (χ3n) is 1.48. The Balaban J connectivity index is 3.02. The molecule has 2 N–H and O–H groups in total. The molecule has 0 aliphatic rings. The molecule has 1 atom stereocenters. The van der Waals surface area contributed by atoms with Gasteiger partial charge in [-0.25, -0.2) is 0 Å². The van der Waals surface area contributed by atoms with Crippen molar-refractivity contribution in [3.8, 4) is 0 Å². The molecule has 0 saturated heterocycles. The lowest BCUT2D eigenvalue weighted by Crippen LogP contribution is -2.28. The zero-order valence-electron chi connectivity index (χ0n) is 6.35. The van der Waals surface area contributed by atoms with Crippen molar-refractivity contribution in [2.24, 2.45) is 5.73 Å². The summed E-state index contributed by atoms with van der Waals surface area (Å²) in [6.45, 7) is 0. The average Bonchev–Trinajstić information content (AvgIpc) is 2.02. The van der Waals surface area contributed by atoms with Gasteiger partial charge in [0.1, 0.15) is 6.04 Å². The Morgan fingerprint density at radius 3 is 2.54 bits per heavy atom. The van der Waals surface area contributed by atoms with Crippen molar-refractivity contribution in [1.29, 1.82) is 0 Å². The summed E-state index contributed by atoms with van der Waals surface area (Å²) in [7, 11) is 0. The minimum absolute atomic E-state index is 0.0279. The fourth-order valence-electron chi connectivity index (χ4n) is 0.795. The van der Waals surface area contributed by atoms with Gasteiger partial charge in [0.05, 0.1) is 0 Å². The summed E-state index contributed by atoms with van der Waals surface area (Å²) in [6.07, 6.45) is -2.18. The van der Waals surface area contributed by atoms with Crippen LogP contribution in [0.3, 0.4) is 0 Å². The van der Waals surface area contributed by atoms with Crippen LogP contribution in [0.4, 0.5) is 13.2 Å². The highest BCUT2D eigenvalue weighted by molar-refractivity contribution is 6.31. The van der Waals surface area contributed by atoms with E-state index < -0.39 is 12.2 Å². The SMILES string of the molecule is N[C@H](c1cnccc1Cl)C(F)(F)F. The molecule has 2 nitrogen and oxygen atoms in total. The van der Waals surface area contributed by atoms with Gasteiger partial charge >= 0.3 is 6.18 Å². The molecule has 0 fully saturated rings. The van der Waals surface area contributed by atoms with Crippen molar-refractivity contribution >= 4 is 11.6 Å². The predicted molar refractivity (Wildman–Crippen MR) is 42.2 cm³/mol. The van der Waals surface area contributed by atoms with Crippen molar-refractivity contribution in [3.05, 3.63) is 29.0 Å². The summed E-state index contributed by atoms with van der Waals surface area (Å²) >= 11 is 5.51. The molecule has 1 aromatic rings. The minimum atomic E-state index is -4.49. The molecule has 6 heteroatoms. The Kier molecular flexibility index (Phi) is 2.77. The smallest absolute Gasteiger partial charge is 0.316 e. The first-order chi connectivity index (χ1) is 5.93. The Bertz CT molecular complexity index is 300. The Morgan fingerprint density at radius 2 is 2.08 bits per heavy atom. The van der Waals surface area contributed by atoms with Gasteiger partial charge < -0.3 is 5.73 Å². The van der Waals surface area contributed by atoms with E-state index in [0.29, 0.717) is 0 Å². The minimum Gasteiger partial charge on any atom is -0.316 e. The quantitative estimate of drug-likeness (QED) is 0.773. The van der Waals surface area contributed by atoms with Gasteiger partial charge in [-0.1, -0.05) is 11.6 Å². The van der Waals surface area contributed by atoms with E-state index in [0.717, 1.165) is 6.20 Å². The maximum Gasteiger partial charge on any atom is 0.407 e. The molecule has 0 bridgehead atoms. The number of aromatic nitrogens is 1. The van der Waals surface area contributed by atoms with Crippen LogP contribution in [0, 0.1) is 0 Å². The first kappa shape index (κ1) is 10.3. The van der Waals surface area contributed by atoms with Gasteiger partial charge in [0.25, 0.3) is 0 Å². The molecule has 0 aromatic carbocycles. The molecule has 0 unspecified atom stereocenters. The van der Waals surface area contributed by atoms with E-state index in [-0.39, 0.29) is 10.6 Å². The number of nitrogens with two attached hydrogens (primary N) is 1. The van der Waals surface area contributed by atoms with Crippen molar-refractivity contribution in [2.45, 2.75) is 12.2 Å². The summed E-state index contributed by atoms with van der Waals surface area (Å²) in [5.74, 6) is 0. The highest BCUT2D eigenvalue weighted by Gasteiger charge is 2.38. The van der Waals surface area contributed by atoms with Crippen molar-refractivity contribution < 1.29 is 13.2 Å². The number of pyridine rings is 1. The Hall–Kier alpha value is -0.810. The van der Waals surface area contributed by atoms with Gasteiger partial charge in [-0.15, -0.1) is 0 Å². The highest BCUT2D eigenvalue weighted by atomic mass is 35.5. The van der Waals surface area contributed by atoms with E-state index in [9.17, 15) is 13.2 Å². The van der Waals surface area contributed by atoms with Crippen LogP contribution in [0.15, 0.2) is 18.5 Å². The number of halogens is 4. The van der Waals surface area contributed by atoms with Crippen LogP contribution in [0.2, 0.25) is 5.02 Å². The topological polar surface area (TPSA) is 38.9 Å². The van der Waals surface area contributed by atoms with Gasteiger partial charge in [-0.05, 0) is 6.07 Å². The molecule has 0 aliphatic carbocycles. The zero-order chi connectivity index (χ0) is 10.1. The lowest BCUT2D eigenvalue weighted by molar-refractivity contribution is -0.149. The van der Waals surface area contributed by atoms with Crippen LogP contribution in [-0.2, 0) is 0 Å². The summed E-state index contributed by atoms with van der Waals surface area (Å²) in [5.41, 5.74) is 4.71. The van der Waals surface area contributed by atoms with Gasteiger partial charge in [0, 0.05) is 23.0 Å². The van der Waals surface area contributed by atoms with E-state index >= 15 is 0 Å². The van der Waals surface area contributed by atoms with Crippen molar-refractivity contribution in [2.75, 3.05) is 0 Å². The lowest BCUT2D eigenvalue weighted by Gasteiger charge is -2.16. The Labute approximate surface area is 77.5 Å². The lowest BCUT2D eigenvalue weighted by atomic mass is 10.1. The van der Waals surface area contributed by atoms with E-state index in [2.05, 4.69) is 4.98 Å². The van der Waals surface area contributed by atoms with Gasteiger partial charge in [-0.2, -0.15) is 13.2 Å². The molecule has 1 heterocycles. The van der Waals surface area contributed by atoms with E-state index in [1.54, 1.807) is 0 Å². The summed E-state index contributed by atoms with van der Waals surface area (Å²) in [5, 5.41) is -0.0279. The average molecular weight is 211 g/mol. The van der Waals surface area contributed by atoms with Gasteiger partial charge in [0.15, 0.2) is 0 Å². The Morgan fingerprint density at radius 1 is 1.46 bits per heavy atom. The van der Waals surface area contributed by atoms with Crippen LogP contribution in [0.5, 0.6) is 0 Å². The molecule has 0 aliphatic heterocycles. The van der Waals surface area contributed by atoms with Crippen molar-refractivity contribution in [1.82, 2.24) is 4.98 Å². The summed E-state index contributed by atoms with van der Waals surface area (Å²) in [4.78, 5) is 3.52. The van der Waals surface area contributed by atoms with Crippen LogP contribution < -0.4 is 5.73 Å². The maximum absolute atomic E-state index is 12.1. The molecule has 0 spiro atoms. The largest absolute Gasteiger partial charge is 0.407 e. The van der Waals surface area contributed by atoms with Crippen LogP contribution in [0.1, 0.15) is 11.6 Å². The number of alkyl halides is 3. The molecular formula is C7H6ClF3N2. The zero-order valence-corrected chi connectivity index (χ0v) is 7.10. The van der Waals surface area contributed by atoms with E-state index in [1.807, 2.05) is 0 Å². The molecule has 1 rings (SSSR count). The number of nitrogens with zero attached hydrogens (tertiary/aromatic N) is 1. The summed E-state index contributed by atoms with van der Waals surface area (Å²) < 4.78 is 36.3. The molecule has 0 radical (unpaired) electrons. The fourth-order valence-corrected chi connectivity index (χ4v) is 1.02. The second-order valence-corrected chi connectivity index (χ2v) is 2.82. The fraction of sp³-hybridized carbons (Fsp3) is 0.286. The highest BCUT2D eigenvalue weighted by Crippen LogP contribution is 2.33. The third-order valence-corrected chi connectivity index (χ3v) is 1.83. The number of rotatable bonds is 1. The molecule has 13 heavy (non-hydrogen) atoms. The first-order valence-electron chi connectivity index (χ1n) is 3.34. The molecule has 0 amide bonds. The monoisotopic (exact) mass is 210 g/mol. The number of hydrogen-bond acceptors (Lipinski definition) is 2. The number of hydrogen-bond donors (Lipinski definition) is 1. The summed E-state index contributed by atoms with van der Waals surface area (Å²) in [6, 6.07) is -0.809. The normalized spacial score (nSPS) is 14.2. The molecule has 0 saturated carbocycles. The predicted octanol–water partition coefficient (Wildman–Crippen LogP) is 2.30. The van der Waals surface area contributed by atoms with Crippen LogP contribution in [0.25, 0.3) is 0 Å². The third kappa shape index (κ3) is 2.32. The standard InChI is InChI=1S/C7H6ClF3N2/c8-5-1-2-13-3-4(5)6(12)7(9,10)11/h1-3,6H,12H2/t6-/m1/s1. The van der Waals surface area contributed by atoms with Crippen LogP contribution >= 0.6 is 11.6 Å². The second kappa shape index (κ2) is 3.51. The molecule has 1 aromatic heterocycles. The maximum atomic E-state index is 12.1. The van der Waals surface area contributed by atoms with E-state index in [4.69, 9.17) is 17.3 Å². The first-order valence-corrected chi connectivity index (χ1v) is 3.72. The van der Waals surface area contributed by atoms with Crippen molar-refractivity contribution in [3.63, 3.8) is 0 Å².